The van der Waals surface area contributed by atoms with Crippen LogP contribution in [0.3, 0.4) is 0 Å². The molecule has 1 aliphatic rings. The fourth-order valence-electron chi connectivity index (χ4n) is 2.31. The normalized spacial score (nSPS) is 15.2. The van der Waals surface area contributed by atoms with Gasteiger partial charge in [0.2, 0.25) is 12.7 Å². The molecule has 6 heteroatoms. The summed E-state index contributed by atoms with van der Waals surface area (Å²) < 4.78 is 15.6. The molecular weight excluding hydrogens is 274 g/mol. The molecule has 0 aliphatic carbocycles. The van der Waals surface area contributed by atoms with Crippen LogP contribution in [-0.2, 0) is 20.7 Å². The number of amides is 1. The van der Waals surface area contributed by atoms with Gasteiger partial charge in [-0.1, -0.05) is 6.07 Å². The Hall–Kier alpha value is -2.24. The predicted octanol–water partition coefficient (Wildman–Crippen LogP) is 1.42. The highest BCUT2D eigenvalue weighted by molar-refractivity contribution is 5.87. The molecule has 1 aliphatic heterocycles. The highest BCUT2D eigenvalue weighted by atomic mass is 16.7. The van der Waals surface area contributed by atoms with Crippen LogP contribution in [0, 0.1) is 0 Å². The molecule has 0 spiro atoms. The third kappa shape index (κ3) is 3.45. The molecule has 2 rings (SSSR count). The van der Waals surface area contributed by atoms with E-state index in [1.165, 1.54) is 6.92 Å². The number of hydrogen-bond acceptors (Lipinski definition) is 5. The number of carbonyl (C=O) groups is 2. The average molecular weight is 293 g/mol. The number of fused-ring (bicyclic) bond motifs is 1. The Balaban J connectivity index is 2.21. The van der Waals surface area contributed by atoms with Gasteiger partial charge in [0, 0.05) is 13.3 Å². The van der Waals surface area contributed by atoms with Crippen molar-refractivity contribution in [2.24, 2.45) is 0 Å². The third-order valence-electron chi connectivity index (χ3n) is 3.17. The molecule has 0 saturated carbocycles. The van der Waals surface area contributed by atoms with E-state index in [0.29, 0.717) is 17.9 Å². The summed E-state index contributed by atoms with van der Waals surface area (Å²) in [5.41, 5.74) is -0.265. The highest BCUT2D eigenvalue weighted by Gasteiger charge is 2.36. The van der Waals surface area contributed by atoms with Crippen LogP contribution in [0.25, 0.3) is 0 Å². The molecule has 1 amide bonds. The maximum absolute atomic E-state index is 12.1. The molecule has 0 fully saturated rings. The number of ether oxygens (including phenoxy) is 3. The molecule has 0 radical (unpaired) electrons. The molecule has 0 bridgehead atoms. The van der Waals surface area contributed by atoms with Gasteiger partial charge in [-0.2, -0.15) is 0 Å². The fraction of sp³-hybridized carbons (Fsp3) is 0.467. The first-order chi connectivity index (χ1) is 9.94. The molecular formula is C15H19NO5. The van der Waals surface area contributed by atoms with Crippen molar-refractivity contribution < 1.29 is 23.8 Å². The van der Waals surface area contributed by atoms with E-state index in [0.717, 1.165) is 5.56 Å². The van der Waals surface area contributed by atoms with Gasteiger partial charge in [0.05, 0.1) is 6.61 Å². The molecule has 1 atom stereocenters. The number of benzene rings is 1. The van der Waals surface area contributed by atoms with Gasteiger partial charge in [-0.3, -0.25) is 4.79 Å². The topological polar surface area (TPSA) is 73.9 Å². The minimum Gasteiger partial charge on any atom is -0.464 e. The molecule has 0 aromatic heterocycles. The predicted molar refractivity (Wildman–Crippen MR) is 75.1 cm³/mol. The zero-order chi connectivity index (χ0) is 15.5. The van der Waals surface area contributed by atoms with Crippen molar-refractivity contribution in [3.8, 4) is 11.5 Å². The summed E-state index contributed by atoms with van der Waals surface area (Å²) >= 11 is 0. The standard InChI is InChI=1S/C15H19NO5/c1-4-19-14(18)15(3,16-10(2)17)8-11-5-6-12-13(7-11)21-9-20-12/h5-7H,4,8-9H2,1-3H3,(H,16,17). The molecule has 1 unspecified atom stereocenters. The molecule has 21 heavy (non-hydrogen) atoms. The van der Waals surface area contributed by atoms with E-state index in [4.69, 9.17) is 14.2 Å². The Bertz CT molecular complexity index is 557. The van der Waals surface area contributed by atoms with Crippen molar-refractivity contribution in [1.29, 1.82) is 0 Å². The Kier molecular flexibility index (Phi) is 4.35. The average Bonchev–Trinajstić information content (AvgIpc) is 2.85. The molecule has 1 aromatic rings. The summed E-state index contributed by atoms with van der Waals surface area (Å²) in [7, 11) is 0. The lowest BCUT2D eigenvalue weighted by Crippen LogP contribution is -2.54. The van der Waals surface area contributed by atoms with Crippen molar-refractivity contribution in [2.75, 3.05) is 13.4 Å². The van der Waals surface area contributed by atoms with E-state index < -0.39 is 11.5 Å². The Morgan fingerprint density at radius 3 is 2.71 bits per heavy atom. The summed E-state index contributed by atoms with van der Waals surface area (Å²) in [6.45, 7) is 5.20. The number of nitrogens with one attached hydrogen (secondary N) is 1. The monoisotopic (exact) mass is 293 g/mol. The van der Waals surface area contributed by atoms with Crippen LogP contribution < -0.4 is 14.8 Å². The second-order valence-corrected chi connectivity index (χ2v) is 5.10. The maximum atomic E-state index is 12.1. The van der Waals surface area contributed by atoms with E-state index >= 15 is 0 Å². The van der Waals surface area contributed by atoms with E-state index in [1.807, 2.05) is 12.1 Å². The van der Waals surface area contributed by atoms with E-state index in [-0.39, 0.29) is 19.3 Å². The van der Waals surface area contributed by atoms with Crippen molar-refractivity contribution in [2.45, 2.75) is 32.7 Å². The van der Waals surface area contributed by atoms with Crippen LogP contribution in [0.2, 0.25) is 0 Å². The molecule has 1 aromatic carbocycles. The summed E-state index contributed by atoms with van der Waals surface area (Å²) in [5, 5.41) is 2.67. The smallest absolute Gasteiger partial charge is 0.331 e. The Morgan fingerprint density at radius 1 is 1.33 bits per heavy atom. The third-order valence-corrected chi connectivity index (χ3v) is 3.17. The lowest BCUT2D eigenvalue weighted by molar-refractivity contribution is -0.152. The molecule has 0 saturated heterocycles. The van der Waals surface area contributed by atoms with Gasteiger partial charge in [-0.25, -0.2) is 4.79 Å². The van der Waals surface area contributed by atoms with Crippen LogP contribution >= 0.6 is 0 Å². The van der Waals surface area contributed by atoms with Gasteiger partial charge in [-0.05, 0) is 31.5 Å². The van der Waals surface area contributed by atoms with Crippen LogP contribution in [0.5, 0.6) is 11.5 Å². The van der Waals surface area contributed by atoms with Gasteiger partial charge in [-0.15, -0.1) is 0 Å². The minimum absolute atomic E-state index is 0.194. The van der Waals surface area contributed by atoms with Crippen molar-refractivity contribution in [3.63, 3.8) is 0 Å². The Labute approximate surface area is 123 Å². The fourth-order valence-corrected chi connectivity index (χ4v) is 2.31. The van der Waals surface area contributed by atoms with Crippen LogP contribution in [-0.4, -0.2) is 30.8 Å². The van der Waals surface area contributed by atoms with E-state index in [1.54, 1.807) is 19.9 Å². The van der Waals surface area contributed by atoms with Crippen molar-refractivity contribution in [3.05, 3.63) is 23.8 Å². The van der Waals surface area contributed by atoms with Gasteiger partial charge < -0.3 is 19.5 Å². The minimum atomic E-state index is -1.12. The number of esters is 1. The first-order valence-electron chi connectivity index (χ1n) is 6.79. The number of hydrogen-bond donors (Lipinski definition) is 1. The molecule has 6 nitrogen and oxygen atoms in total. The van der Waals surface area contributed by atoms with E-state index in [2.05, 4.69) is 5.32 Å². The zero-order valence-corrected chi connectivity index (χ0v) is 12.4. The highest BCUT2D eigenvalue weighted by Crippen LogP contribution is 2.33. The summed E-state index contributed by atoms with van der Waals surface area (Å²) in [6, 6.07) is 5.44. The lowest BCUT2D eigenvalue weighted by atomic mass is 9.92. The first kappa shape index (κ1) is 15.2. The van der Waals surface area contributed by atoms with Gasteiger partial charge in [0.25, 0.3) is 0 Å². The second-order valence-electron chi connectivity index (χ2n) is 5.10. The quantitative estimate of drug-likeness (QED) is 0.831. The molecule has 114 valence electrons. The lowest BCUT2D eigenvalue weighted by Gasteiger charge is -2.28. The summed E-state index contributed by atoms with van der Waals surface area (Å²) in [6.07, 6.45) is 0.308. The first-order valence-corrected chi connectivity index (χ1v) is 6.79. The van der Waals surface area contributed by atoms with Gasteiger partial charge in [0.15, 0.2) is 11.5 Å². The van der Waals surface area contributed by atoms with Crippen LogP contribution in [0.1, 0.15) is 26.3 Å². The summed E-state index contributed by atoms with van der Waals surface area (Å²) in [4.78, 5) is 23.5. The number of carbonyl (C=O) groups excluding carboxylic acids is 2. The molecule has 1 heterocycles. The van der Waals surface area contributed by atoms with Gasteiger partial charge in [0.1, 0.15) is 5.54 Å². The van der Waals surface area contributed by atoms with Gasteiger partial charge >= 0.3 is 5.97 Å². The van der Waals surface area contributed by atoms with E-state index in [9.17, 15) is 9.59 Å². The SMILES string of the molecule is CCOC(=O)C(C)(Cc1ccc2c(c1)OCO2)NC(C)=O. The molecule has 1 N–H and O–H groups in total. The maximum Gasteiger partial charge on any atom is 0.331 e. The number of rotatable bonds is 5. The van der Waals surface area contributed by atoms with Crippen LogP contribution in [0.4, 0.5) is 0 Å². The zero-order valence-electron chi connectivity index (χ0n) is 12.4. The van der Waals surface area contributed by atoms with Crippen LogP contribution in [0.15, 0.2) is 18.2 Å². The van der Waals surface area contributed by atoms with Crippen molar-refractivity contribution in [1.82, 2.24) is 5.32 Å². The van der Waals surface area contributed by atoms with Crippen molar-refractivity contribution >= 4 is 11.9 Å². The Morgan fingerprint density at radius 2 is 2.05 bits per heavy atom. The summed E-state index contributed by atoms with van der Waals surface area (Å²) in [5.74, 6) is 0.571. The largest absolute Gasteiger partial charge is 0.464 e. The second kappa shape index (κ2) is 6.03.